The van der Waals surface area contributed by atoms with E-state index in [9.17, 15) is 22.8 Å². The lowest BCUT2D eigenvalue weighted by molar-refractivity contribution is -0.139. The summed E-state index contributed by atoms with van der Waals surface area (Å²) in [6.07, 6.45) is -4.67. The third kappa shape index (κ3) is 3.56. The fourth-order valence-corrected chi connectivity index (χ4v) is 3.15. The van der Waals surface area contributed by atoms with Gasteiger partial charge in [-0.3, -0.25) is 0 Å². The average molecular weight is 383 g/mol. The first kappa shape index (κ1) is 20.5. The molecule has 0 spiro atoms. The molecular formula is C19H20F3NO4. The van der Waals surface area contributed by atoms with Crippen LogP contribution in [-0.4, -0.2) is 44.1 Å². The molecule has 0 saturated heterocycles. The molecular weight excluding hydrogens is 363 g/mol. The molecule has 0 aromatic heterocycles. The standard InChI is InChI=1S/C19H20F3NO4/c1-10-14(17(24)26-4)16(15(18(25)27-5)11(2)23(10)3)12-8-6-7-9-13(12)19(20,21)22/h6-10H,1-5H3. The molecule has 0 radical (unpaired) electrons. The molecule has 5 nitrogen and oxygen atoms in total. The lowest BCUT2D eigenvalue weighted by Gasteiger charge is -2.36. The van der Waals surface area contributed by atoms with E-state index in [2.05, 4.69) is 0 Å². The number of esters is 2. The second-order valence-corrected chi connectivity index (χ2v) is 6.06. The van der Waals surface area contributed by atoms with Gasteiger partial charge in [-0.05, 0) is 25.5 Å². The van der Waals surface area contributed by atoms with E-state index in [4.69, 9.17) is 9.47 Å². The Bertz CT molecular complexity index is 840. The van der Waals surface area contributed by atoms with Gasteiger partial charge in [-0.15, -0.1) is 0 Å². The molecule has 1 unspecified atom stereocenters. The monoisotopic (exact) mass is 383 g/mol. The van der Waals surface area contributed by atoms with Gasteiger partial charge >= 0.3 is 18.1 Å². The van der Waals surface area contributed by atoms with E-state index in [0.717, 1.165) is 20.3 Å². The van der Waals surface area contributed by atoms with Crippen molar-refractivity contribution in [3.05, 3.63) is 52.2 Å². The number of halogens is 3. The minimum atomic E-state index is -4.67. The highest BCUT2D eigenvalue weighted by Gasteiger charge is 2.41. The van der Waals surface area contributed by atoms with Gasteiger partial charge in [0.2, 0.25) is 0 Å². The summed E-state index contributed by atoms with van der Waals surface area (Å²) in [5.74, 6) is -1.64. The van der Waals surface area contributed by atoms with Gasteiger partial charge in [0.25, 0.3) is 0 Å². The van der Waals surface area contributed by atoms with Crippen LogP contribution in [0.1, 0.15) is 25.0 Å². The Morgan fingerprint density at radius 1 is 1.07 bits per heavy atom. The predicted molar refractivity (Wildman–Crippen MR) is 92.3 cm³/mol. The number of hydrogen-bond acceptors (Lipinski definition) is 5. The van der Waals surface area contributed by atoms with E-state index in [0.29, 0.717) is 5.70 Å². The minimum absolute atomic E-state index is 0.0392. The number of nitrogens with zero attached hydrogens (tertiary/aromatic N) is 1. The molecule has 0 fully saturated rings. The highest BCUT2D eigenvalue weighted by molar-refractivity contribution is 6.14. The van der Waals surface area contributed by atoms with Crippen molar-refractivity contribution in [1.29, 1.82) is 0 Å². The summed E-state index contributed by atoms with van der Waals surface area (Å²) >= 11 is 0. The van der Waals surface area contributed by atoms with E-state index >= 15 is 0 Å². The summed E-state index contributed by atoms with van der Waals surface area (Å²) in [5.41, 5.74) is -1.09. The first-order chi connectivity index (χ1) is 12.6. The number of rotatable bonds is 3. The molecule has 1 aliphatic rings. The summed E-state index contributed by atoms with van der Waals surface area (Å²) in [7, 11) is 3.91. The Balaban J connectivity index is 2.98. The molecule has 1 heterocycles. The zero-order chi connectivity index (χ0) is 20.5. The van der Waals surface area contributed by atoms with Crippen molar-refractivity contribution in [3.63, 3.8) is 0 Å². The van der Waals surface area contributed by atoms with Crippen molar-refractivity contribution in [2.45, 2.75) is 26.1 Å². The number of likely N-dealkylation sites (N-methyl/N-ethyl adjacent to an activating group) is 1. The van der Waals surface area contributed by atoms with Crippen LogP contribution >= 0.6 is 0 Å². The maximum absolute atomic E-state index is 13.6. The largest absolute Gasteiger partial charge is 0.466 e. The summed E-state index contributed by atoms with van der Waals surface area (Å²) < 4.78 is 50.4. The molecule has 1 atom stereocenters. The van der Waals surface area contributed by atoms with Gasteiger partial charge in [-0.2, -0.15) is 13.2 Å². The lowest BCUT2D eigenvalue weighted by atomic mass is 9.83. The molecule has 8 heteroatoms. The molecule has 0 N–H and O–H groups in total. The van der Waals surface area contributed by atoms with Crippen molar-refractivity contribution < 1.29 is 32.2 Å². The molecule has 1 aromatic carbocycles. The van der Waals surface area contributed by atoms with Crippen LogP contribution in [0.25, 0.3) is 5.57 Å². The van der Waals surface area contributed by atoms with Gasteiger partial charge < -0.3 is 14.4 Å². The normalized spacial score (nSPS) is 17.9. The molecule has 0 aliphatic carbocycles. The number of hydrogen-bond donors (Lipinski definition) is 0. The first-order valence-corrected chi connectivity index (χ1v) is 8.07. The number of benzene rings is 1. The van der Waals surface area contributed by atoms with Gasteiger partial charge in [0.15, 0.2) is 0 Å². The molecule has 0 bridgehead atoms. The average Bonchev–Trinajstić information content (AvgIpc) is 2.64. The van der Waals surface area contributed by atoms with Crippen LogP contribution in [0.5, 0.6) is 0 Å². The first-order valence-electron chi connectivity index (χ1n) is 8.07. The van der Waals surface area contributed by atoms with Gasteiger partial charge in [0.1, 0.15) is 0 Å². The summed E-state index contributed by atoms with van der Waals surface area (Å²) in [6.45, 7) is 3.24. The second-order valence-electron chi connectivity index (χ2n) is 6.06. The Morgan fingerprint density at radius 2 is 1.63 bits per heavy atom. The van der Waals surface area contributed by atoms with Gasteiger partial charge in [-0.1, -0.05) is 18.2 Å². The Hall–Kier alpha value is -2.77. The molecule has 0 saturated carbocycles. The van der Waals surface area contributed by atoms with Crippen LogP contribution in [0.4, 0.5) is 13.2 Å². The highest BCUT2D eigenvalue weighted by atomic mass is 19.4. The number of carbonyl (C=O) groups excluding carboxylic acids is 2. The Kier molecular flexibility index (Phi) is 5.67. The van der Waals surface area contributed by atoms with E-state index in [1.54, 1.807) is 25.8 Å². The van der Waals surface area contributed by atoms with Crippen molar-refractivity contribution >= 4 is 17.5 Å². The quantitative estimate of drug-likeness (QED) is 0.749. The molecule has 0 amide bonds. The van der Waals surface area contributed by atoms with E-state index in [1.807, 2.05) is 0 Å². The van der Waals surface area contributed by atoms with Crippen LogP contribution in [0.3, 0.4) is 0 Å². The molecule has 2 rings (SSSR count). The van der Waals surface area contributed by atoms with E-state index < -0.39 is 29.7 Å². The molecule has 27 heavy (non-hydrogen) atoms. The summed E-state index contributed by atoms with van der Waals surface area (Å²) in [4.78, 5) is 26.5. The SMILES string of the molecule is COC(=O)C1=C(C)N(C)C(C)C(C(=O)OC)=C1c1ccccc1C(F)(F)F. The number of allylic oxidation sites excluding steroid dienone is 1. The zero-order valence-corrected chi connectivity index (χ0v) is 15.6. The van der Waals surface area contributed by atoms with Gasteiger partial charge in [-0.25, -0.2) is 9.59 Å². The lowest BCUT2D eigenvalue weighted by Crippen LogP contribution is -2.39. The molecule has 1 aromatic rings. The van der Waals surface area contributed by atoms with Crippen molar-refractivity contribution in [1.82, 2.24) is 4.90 Å². The summed E-state index contributed by atoms with van der Waals surface area (Å²) in [6, 6.07) is 4.19. The van der Waals surface area contributed by atoms with Gasteiger partial charge in [0.05, 0.1) is 37.0 Å². The van der Waals surface area contributed by atoms with Crippen molar-refractivity contribution in [3.8, 4) is 0 Å². The predicted octanol–water partition coefficient (Wildman–Crippen LogP) is 3.41. The minimum Gasteiger partial charge on any atom is -0.466 e. The maximum atomic E-state index is 13.6. The highest BCUT2D eigenvalue weighted by Crippen LogP contribution is 2.43. The number of ether oxygens (including phenoxy) is 2. The van der Waals surface area contributed by atoms with Gasteiger partial charge in [0, 0.05) is 18.3 Å². The number of carbonyl (C=O) groups is 2. The van der Waals surface area contributed by atoms with Crippen molar-refractivity contribution in [2.75, 3.05) is 21.3 Å². The number of methoxy groups -OCH3 is 2. The topological polar surface area (TPSA) is 55.8 Å². The fourth-order valence-electron chi connectivity index (χ4n) is 3.15. The van der Waals surface area contributed by atoms with Crippen LogP contribution < -0.4 is 0 Å². The fraction of sp³-hybridized carbons (Fsp3) is 0.368. The molecule has 1 aliphatic heterocycles. The smallest absolute Gasteiger partial charge is 0.417 e. The number of alkyl halides is 3. The third-order valence-corrected chi connectivity index (χ3v) is 4.71. The van der Waals surface area contributed by atoms with Crippen LogP contribution in [-0.2, 0) is 25.2 Å². The second kappa shape index (κ2) is 7.46. The van der Waals surface area contributed by atoms with Crippen LogP contribution in [0.2, 0.25) is 0 Å². The van der Waals surface area contributed by atoms with E-state index in [1.165, 1.54) is 18.2 Å². The Morgan fingerprint density at radius 3 is 2.15 bits per heavy atom. The zero-order valence-electron chi connectivity index (χ0n) is 15.6. The van der Waals surface area contributed by atoms with Crippen LogP contribution in [0.15, 0.2) is 41.1 Å². The maximum Gasteiger partial charge on any atom is 0.417 e. The molecule has 146 valence electrons. The van der Waals surface area contributed by atoms with Crippen LogP contribution in [0, 0.1) is 0 Å². The Labute approximate surface area is 155 Å². The third-order valence-electron chi connectivity index (χ3n) is 4.71. The van der Waals surface area contributed by atoms with E-state index in [-0.39, 0.29) is 22.3 Å². The summed E-state index contributed by atoms with van der Waals surface area (Å²) in [5, 5.41) is 0. The van der Waals surface area contributed by atoms with Crippen molar-refractivity contribution in [2.24, 2.45) is 0 Å².